The van der Waals surface area contributed by atoms with Crippen molar-refractivity contribution in [1.82, 2.24) is 9.21 Å². The molecule has 2 heterocycles. The third kappa shape index (κ3) is 4.66. The standard InChI is InChI=1S/C17H17ClN4O3S2/c18-15-10-14(4-3-13(15)11-19)20-16(23)12-21-5-7-22(8-6-21)27(24,25)17-2-1-9-26-17/h1-4,9-10H,5-8,12H2,(H,20,23). The van der Waals surface area contributed by atoms with Gasteiger partial charge < -0.3 is 5.32 Å². The largest absolute Gasteiger partial charge is 0.325 e. The van der Waals surface area contributed by atoms with Gasteiger partial charge in [0.05, 0.1) is 17.1 Å². The number of amides is 1. The highest BCUT2D eigenvalue weighted by molar-refractivity contribution is 7.91. The van der Waals surface area contributed by atoms with Gasteiger partial charge in [0.15, 0.2) is 0 Å². The molecule has 0 atom stereocenters. The van der Waals surface area contributed by atoms with Crippen LogP contribution in [0.3, 0.4) is 0 Å². The van der Waals surface area contributed by atoms with Crippen LogP contribution in [0.1, 0.15) is 5.56 Å². The molecule has 1 fully saturated rings. The van der Waals surface area contributed by atoms with Crippen molar-refractivity contribution in [2.75, 3.05) is 38.0 Å². The Morgan fingerprint density at radius 2 is 2.00 bits per heavy atom. The maximum atomic E-state index is 12.5. The van der Waals surface area contributed by atoms with Crippen molar-refractivity contribution in [2.45, 2.75) is 4.21 Å². The van der Waals surface area contributed by atoms with Gasteiger partial charge in [-0.1, -0.05) is 17.7 Å². The van der Waals surface area contributed by atoms with Crippen molar-refractivity contribution in [3.8, 4) is 6.07 Å². The maximum absolute atomic E-state index is 12.5. The van der Waals surface area contributed by atoms with Crippen LogP contribution in [0.25, 0.3) is 0 Å². The molecule has 0 spiro atoms. The molecular formula is C17H17ClN4O3S2. The van der Waals surface area contributed by atoms with Gasteiger partial charge in [0, 0.05) is 31.9 Å². The topological polar surface area (TPSA) is 93.5 Å². The summed E-state index contributed by atoms with van der Waals surface area (Å²) in [6, 6.07) is 9.98. The molecule has 10 heteroatoms. The maximum Gasteiger partial charge on any atom is 0.252 e. The van der Waals surface area contributed by atoms with Crippen LogP contribution in [-0.4, -0.2) is 56.3 Å². The molecule has 0 aliphatic carbocycles. The summed E-state index contributed by atoms with van der Waals surface area (Å²) >= 11 is 7.16. The second-order valence-electron chi connectivity index (χ2n) is 5.97. The van der Waals surface area contributed by atoms with Gasteiger partial charge in [0.2, 0.25) is 5.91 Å². The number of nitrogens with zero attached hydrogens (tertiary/aromatic N) is 3. The molecule has 3 rings (SSSR count). The smallest absolute Gasteiger partial charge is 0.252 e. The number of carbonyl (C=O) groups is 1. The van der Waals surface area contributed by atoms with Crippen LogP contribution < -0.4 is 5.32 Å². The minimum Gasteiger partial charge on any atom is -0.325 e. The zero-order valence-electron chi connectivity index (χ0n) is 14.3. The lowest BCUT2D eigenvalue weighted by Crippen LogP contribution is -2.50. The van der Waals surface area contributed by atoms with Crippen LogP contribution in [0.4, 0.5) is 5.69 Å². The lowest BCUT2D eigenvalue weighted by atomic mass is 10.2. The molecular weight excluding hydrogens is 408 g/mol. The second-order valence-corrected chi connectivity index (χ2v) is 9.49. The van der Waals surface area contributed by atoms with Crippen LogP contribution in [-0.2, 0) is 14.8 Å². The van der Waals surface area contributed by atoms with E-state index in [1.54, 1.807) is 29.6 Å². The fourth-order valence-corrected chi connectivity index (χ4v) is 5.54. The van der Waals surface area contributed by atoms with Gasteiger partial charge in [0.1, 0.15) is 10.3 Å². The normalized spacial score (nSPS) is 16.0. The van der Waals surface area contributed by atoms with Gasteiger partial charge in [-0.05, 0) is 29.6 Å². The third-order valence-electron chi connectivity index (χ3n) is 4.16. The first-order valence-corrected chi connectivity index (χ1v) is 10.9. The van der Waals surface area contributed by atoms with Gasteiger partial charge in [0.25, 0.3) is 10.0 Å². The Kier molecular flexibility index (Phi) is 6.14. The van der Waals surface area contributed by atoms with Gasteiger partial charge in [-0.25, -0.2) is 8.42 Å². The second kappa shape index (κ2) is 8.37. The zero-order valence-corrected chi connectivity index (χ0v) is 16.6. The molecule has 27 heavy (non-hydrogen) atoms. The Bertz CT molecular complexity index is 963. The summed E-state index contributed by atoms with van der Waals surface area (Å²) < 4.78 is 26.8. The van der Waals surface area contributed by atoms with E-state index in [9.17, 15) is 13.2 Å². The summed E-state index contributed by atoms with van der Waals surface area (Å²) in [7, 11) is -3.45. The Hall–Kier alpha value is -1.96. The first-order valence-electron chi connectivity index (χ1n) is 8.15. The first-order chi connectivity index (χ1) is 12.9. The molecule has 0 unspecified atom stereocenters. The van der Waals surface area contributed by atoms with Crippen molar-refractivity contribution in [1.29, 1.82) is 5.26 Å². The number of sulfonamides is 1. The number of halogens is 1. The quantitative estimate of drug-likeness (QED) is 0.794. The molecule has 2 aromatic rings. The number of piperazine rings is 1. The van der Waals surface area contributed by atoms with E-state index in [-0.39, 0.29) is 17.5 Å². The number of thiophene rings is 1. The number of nitrogens with one attached hydrogen (secondary N) is 1. The molecule has 1 amide bonds. The summed E-state index contributed by atoms with van der Waals surface area (Å²) in [5.74, 6) is -0.217. The van der Waals surface area contributed by atoms with Gasteiger partial charge >= 0.3 is 0 Å². The van der Waals surface area contributed by atoms with Crippen LogP contribution >= 0.6 is 22.9 Å². The van der Waals surface area contributed by atoms with Crippen molar-refractivity contribution < 1.29 is 13.2 Å². The molecule has 1 aromatic carbocycles. The van der Waals surface area contributed by atoms with Crippen LogP contribution in [0.5, 0.6) is 0 Å². The molecule has 1 aliphatic heterocycles. The molecule has 1 aromatic heterocycles. The number of nitriles is 1. The molecule has 0 bridgehead atoms. The van der Waals surface area contributed by atoms with E-state index < -0.39 is 10.0 Å². The highest BCUT2D eigenvalue weighted by atomic mass is 35.5. The van der Waals surface area contributed by atoms with E-state index >= 15 is 0 Å². The number of hydrogen-bond acceptors (Lipinski definition) is 6. The molecule has 7 nitrogen and oxygen atoms in total. The van der Waals surface area contributed by atoms with Gasteiger partial charge in [-0.2, -0.15) is 9.57 Å². The van der Waals surface area contributed by atoms with E-state index in [4.69, 9.17) is 16.9 Å². The van der Waals surface area contributed by atoms with Crippen molar-refractivity contribution in [3.63, 3.8) is 0 Å². The minimum absolute atomic E-state index is 0.157. The van der Waals surface area contributed by atoms with Crippen LogP contribution in [0, 0.1) is 11.3 Å². The van der Waals surface area contributed by atoms with Gasteiger partial charge in [-0.3, -0.25) is 9.69 Å². The molecule has 1 aliphatic rings. The van der Waals surface area contributed by atoms with Crippen molar-refractivity contribution >= 4 is 44.6 Å². The SMILES string of the molecule is N#Cc1ccc(NC(=O)CN2CCN(S(=O)(=O)c3cccs3)CC2)cc1Cl. The molecule has 1 N–H and O–H groups in total. The highest BCUT2D eigenvalue weighted by Crippen LogP contribution is 2.22. The predicted octanol–water partition coefficient (Wildman–Crippen LogP) is 2.22. The predicted molar refractivity (Wildman–Crippen MR) is 104 cm³/mol. The monoisotopic (exact) mass is 424 g/mol. The lowest BCUT2D eigenvalue weighted by Gasteiger charge is -2.33. The zero-order chi connectivity index (χ0) is 19.4. The fraction of sp³-hybridized carbons (Fsp3) is 0.294. The van der Waals surface area contributed by atoms with E-state index in [0.29, 0.717) is 41.6 Å². The first kappa shape index (κ1) is 19.8. The van der Waals surface area contributed by atoms with E-state index in [1.807, 2.05) is 11.0 Å². The van der Waals surface area contributed by atoms with Crippen LogP contribution in [0.15, 0.2) is 39.9 Å². The average molecular weight is 425 g/mol. The number of rotatable bonds is 5. The summed E-state index contributed by atoms with van der Waals surface area (Å²) in [5.41, 5.74) is 0.862. The molecule has 0 radical (unpaired) electrons. The van der Waals surface area contributed by atoms with E-state index in [1.165, 1.54) is 21.7 Å². The van der Waals surface area contributed by atoms with Crippen molar-refractivity contribution in [3.05, 3.63) is 46.3 Å². The molecule has 1 saturated heterocycles. The number of benzene rings is 1. The third-order valence-corrected chi connectivity index (χ3v) is 7.75. The minimum atomic E-state index is -3.45. The summed E-state index contributed by atoms with van der Waals surface area (Å²) in [5, 5.41) is 13.6. The summed E-state index contributed by atoms with van der Waals surface area (Å²) in [6.07, 6.45) is 0. The van der Waals surface area contributed by atoms with Gasteiger partial charge in [-0.15, -0.1) is 11.3 Å². The highest BCUT2D eigenvalue weighted by Gasteiger charge is 2.29. The van der Waals surface area contributed by atoms with E-state index in [2.05, 4.69) is 5.32 Å². The van der Waals surface area contributed by atoms with E-state index in [0.717, 1.165) is 0 Å². The van der Waals surface area contributed by atoms with Crippen LogP contribution in [0.2, 0.25) is 5.02 Å². The summed E-state index contributed by atoms with van der Waals surface area (Å²) in [6.45, 7) is 1.80. The lowest BCUT2D eigenvalue weighted by molar-refractivity contribution is -0.117. The number of hydrogen-bond donors (Lipinski definition) is 1. The fourth-order valence-electron chi connectivity index (χ4n) is 2.75. The molecule has 142 valence electrons. The Labute approximate surface area is 166 Å². The Morgan fingerprint density at radius 3 is 2.59 bits per heavy atom. The molecule has 0 saturated carbocycles. The number of anilines is 1. The van der Waals surface area contributed by atoms with Crippen molar-refractivity contribution in [2.24, 2.45) is 0 Å². The summed E-state index contributed by atoms with van der Waals surface area (Å²) in [4.78, 5) is 14.1. The number of carbonyl (C=O) groups excluding carboxylic acids is 1. The Morgan fingerprint density at radius 1 is 1.26 bits per heavy atom. The average Bonchev–Trinajstić information content (AvgIpc) is 3.18. The Balaban J connectivity index is 1.53.